The Labute approximate surface area is 126 Å². The Morgan fingerprint density at radius 1 is 1.10 bits per heavy atom. The molecule has 104 valence electrons. The number of ketones is 1. The highest BCUT2D eigenvalue weighted by molar-refractivity contribution is 9.10. The zero-order valence-corrected chi connectivity index (χ0v) is 12.9. The minimum Gasteiger partial charge on any atom is -0.497 e. The predicted octanol–water partition coefficient (Wildman–Crippen LogP) is 4.03. The van der Waals surface area contributed by atoms with Crippen molar-refractivity contribution in [2.24, 2.45) is 0 Å². The largest absolute Gasteiger partial charge is 0.497 e. The summed E-state index contributed by atoms with van der Waals surface area (Å²) in [6.45, 7) is 2.00. The number of hydrogen-bond donors (Lipinski definition) is 0. The maximum absolute atomic E-state index is 12.0. The Morgan fingerprint density at radius 2 is 1.75 bits per heavy atom. The van der Waals surface area contributed by atoms with Crippen molar-refractivity contribution in [3.63, 3.8) is 0 Å². The number of Topliss-reactive ketones (excluding diaryl/α,β-unsaturated/α-hetero) is 1. The van der Waals surface area contributed by atoms with Gasteiger partial charge in [0.1, 0.15) is 11.5 Å². The molecule has 0 amide bonds. The van der Waals surface area contributed by atoms with Gasteiger partial charge in [0.25, 0.3) is 0 Å². The fourth-order valence-electron chi connectivity index (χ4n) is 1.72. The second-order valence-electron chi connectivity index (χ2n) is 4.35. The highest BCUT2D eigenvalue weighted by Crippen LogP contribution is 2.21. The molecule has 0 aliphatic carbocycles. The molecule has 0 fully saturated rings. The molecule has 0 heterocycles. The van der Waals surface area contributed by atoms with E-state index in [0.717, 1.165) is 15.8 Å². The van der Waals surface area contributed by atoms with Crippen LogP contribution < -0.4 is 9.47 Å². The lowest BCUT2D eigenvalue weighted by Gasteiger charge is -2.07. The van der Waals surface area contributed by atoms with Crippen LogP contribution in [0, 0.1) is 6.92 Å². The van der Waals surface area contributed by atoms with Crippen LogP contribution in [-0.4, -0.2) is 19.5 Å². The first kappa shape index (κ1) is 14.6. The molecule has 0 aliphatic rings. The minimum atomic E-state index is -0.0618. The SMILES string of the molecule is COc1ccc(C(=O)COc2ccc(Br)c(C)c2)cc1. The number of rotatable bonds is 5. The monoisotopic (exact) mass is 334 g/mol. The van der Waals surface area contributed by atoms with Crippen molar-refractivity contribution in [3.05, 3.63) is 58.1 Å². The van der Waals surface area contributed by atoms with Crippen LogP contribution in [0.25, 0.3) is 0 Å². The lowest BCUT2D eigenvalue weighted by molar-refractivity contribution is 0.0921. The molecule has 0 unspecified atom stereocenters. The third-order valence-electron chi connectivity index (χ3n) is 2.91. The summed E-state index contributed by atoms with van der Waals surface area (Å²) in [7, 11) is 1.59. The van der Waals surface area contributed by atoms with Gasteiger partial charge in [-0.25, -0.2) is 0 Å². The van der Waals surface area contributed by atoms with Crippen LogP contribution in [0.1, 0.15) is 15.9 Å². The summed E-state index contributed by atoms with van der Waals surface area (Å²) in [5.74, 6) is 1.35. The van der Waals surface area contributed by atoms with E-state index in [4.69, 9.17) is 9.47 Å². The van der Waals surface area contributed by atoms with Gasteiger partial charge in [-0.2, -0.15) is 0 Å². The number of carbonyl (C=O) groups excluding carboxylic acids is 1. The van der Waals surface area contributed by atoms with Crippen LogP contribution in [0.2, 0.25) is 0 Å². The van der Waals surface area contributed by atoms with E-state index in [9.17, 15) is 4.79 Å². The van der Waals surface area contributed by atoms with E-state index < -0.39 is 0 Å². The molecule has 0 radical (unpaired) electrons. The number of methoxy groups -OCH3 is 1. The zero-order chi connectivity index (χ0) is 14.5. The summed E-state index contributed by atoms with van der Waals surface area (Å²) in [5.41, 5.74) is 1.68. The second-order valence-corrected chi connectivity index (χ2v) is 5.21. The standard InChI is InChI=1S/C16H15BrO3/c1-11-9-14(7-8-15(11)17)20-10-16(18)12-3-5-13(19-2)6-4-12/h3-9H,10H2,1-2H3. The summed E-state index contributed by atoms with van der Waals surface area (Å²) in [4.78, 5) is 12.0. The molecule has 0 aliphatic heterocycles. The van der Waals surface area contributed by atoms with Crippen molar-refractivity contribution in [1.29, 1.82) is 0 Å². The van der Waals surface area contributed by atoms with Crippen molar-refractivity contribution in [1.82, 2.24) is 0 Å². The molecule has 0 aromatic heterocycles. The summed E-state index contributed by atoms with van der Waals surface area (Å²) in [5, 5.41) is 0. The second kappa shape index (κ2) is 6.57. The number of carbonyl (C=O) groups is 1. The fourth-order valence-corrected chi connectivity index (χ4v) is 1.96. The highest BCUT2D eigenvalue weighted by Gasteiger charge is 2.07. The van der Waals surface area contributed by atoms with E-state index in [0.29, 0.717) is 11.3 Å². The van der Waals surface area contributed by atoms with Gasteiger partial charge in [-0.1, -0.05) is 15.9 Å². The average Bonchev–Trinajstić information content (AvgIpc) is 2.48. The topological polar surface area (TPSA) is 35.5 Å². The molecule has 0 atom stereocenters. The summed E-state index contributed by atoms with van der Waals surface area (Å²) >= 11 is 3.43. The van der Waals surface area contributed by atoms with Crippen molar-refractivity contribution >= 4 is 21.7 Å². The highest BCUT2D eigenvalue weighted by atomic mass is 79.9. The van der Waals surface area contributed by atoms with Gasteiger partial charge in [0, 0.05) is 10.0 Å². The van der Waals surface area contributed by atoms with Crippen molar-refractivity contribution in [2.75, 3.05) is 13.7 Å². The summed E-state index contributed by atoms with van der Waals surface area (Å²) < 4.78 is 11.6. The van der Waals surface area contributed by atoms with E-state index in [1.807, 2.05) is 25.1 Å². The van der Waals surface area contributed by atoms with E-state index in [-0.39, 0.29) is 12.4 Å². The van der Waals surface area contributed by atoms with Crippen LogP contribution in [-0.2, 0) is 0 Å². The Bertz CT molecular complexity index is 606. The van der Waals surface area contributed by atoms with Crippen LogP contribution in [0.4, 0.5) is 0 Å². The molecule has 0 N–H and O–H groups in total. The summed E-state index contributed by atoms with van der Waals surface area (Å²) in [6.07, 6.45) is 0. The molecule has 4 heteroatoms. The molecule has 3 nitrogen and oxygen atoms in total. The van der Waals surface area contributed by atoms with Gasteiger partial charge in [-0.15, -0.1) is 0 Å². The van der Waals surface area contributed by atoms with E-state index >= 15 is 0 Å². The number of ether oxygens (including phenoxy) is 2. The fraction of sp³-hybridized carbons (Fsp3) is 0.188. The van der Waals surface area contributed by atoms with Crippen LogP contribution >= 0.6 is 15.9 Å². The van der Waals surface area contributed by atoms with Gasteiger partial charge in [0.2, 0.25) is 0 Å². The Balaban J connectivity index is 1.98. The maximum atomic E-state index is 12.0. The van der Waals surface area contributed by atoms with Gasteiger partial charge in [0.15, 0.2) is 12.4 Å². The summed E-state index contributed by atoms with van der Waals surface area (Å²) in [6, 6.07) is 12.6. The third kappa shape index (κ3) is 3.61. The molecule has 0 bridgehead atoms. The lowest BCUT2D eigenvalue weighted by Crippen LogP contribution is -2.11. The maximum Gasteiger partial charge on any atom is 0.200 e. The molecule has 2 aromatic rings. The molecule has 0 saturated carbocycles. The first-order valence-corrected chi connectivity index (χ1v) is 6.95. The molecule has 2 aromatic carbocycles. The average molecular weight is 335 g/mol. The molecular weight excluding hydrogens is 320 g/mol. The third-order valence-corrected chi connectivity index (χ3v) is 3.80. The lowest BCUT2D eigenvalue weighted by atomic mass is 10.1. The first-order valence-electron chi connectivity index (χ1n) is 6.16. The minimum absolute atomic E-state index is 0.0212. The molecule has 20 heavy (non-hydrogen) atoms. The van der Waals surface area contributed by atoms with Crippen molar-refractivity contribution in [2.45, 2.75) is 6.92 Å². The van der Waals surface area contributed by atoms with Gasteiger partial charge in [0.05, 0.1) is 7.11 Å². The Hall–Kier alpha value is -1.81. The van der Waals surface area contributed by atoms with Crippen LogP contribution in [0.5, 0.6) is 11.5 Å². The number of benzene rings is 2. The number of aryl methyl sites for hydroxylation is 1. The number of halogens is 1. The first-order chi connectivity index (χ1) is 9.60. The zero-order valence-electron chi connectivity index (χ0n) is 11.4. The molecule has 2 rings (SSSR count). The molecule has 0 saturated heterocycles. The molecule has 0 spiro atoms. The quantitative estimate of drug-likeness (QED) is 0.774. The van der Waals surface area contributed by atoms with Crippen LogP contribution in [0.15, 0.2) is 46.9 Å². The number of hydrogen-bond acceptors (Lipinski definition) is 3. The van der Waals surface area contributed by atoms with E-state index in [1.54, 1.807) is 31.4 Å². The van der Waals surface area contributed by atoms with Gasteiger partial charge in [-0.3, -0.25) is 4.79 Å². The van der Waals surface area contributed by atoms with E-state index in [1.165, 1.54) is 0 Å². The van der Waals surface area contributed by atoms with Gasteiger partial charge < -0.3 is 9.47 Å². The Kier molecular flexibility index (Phi) is 4.79. The normalized spacial score (nSPS) is 10.2. The van der Waals surface area contributed by atoms with Crippen molar-refractivity contribution < 1.29 is 14.3 Å². The van der Waals surface area contributed by atoms with E-state index in [2.05, 4.69) is 15.9 Å². The Morgan fingerprint density at radius 3 is 2.35 bits per heavy atom. The van der Waals surface area contributed by atoms with Crippen LogP contribution in [0.3, 0.4) is 0 Å². The smallest absolute Gasteiger partial charge is 0.200 e. The molecular formula is C16H15BrO3. The predicted molar refractivity (Wildman–Crippen MR) is 81.7 cm³/mol. The van der Waals surface area contributed by atoms with Crippen molar-refractivity contribution in [3.8, 4) is 11.5 Å². The van der Waals surface area contributed by atoms with Gasteiger partial charge >= 0.3 is 0 Å². The van der Waals surface area contributed by atoms with Gasteiger partial charge in [-0.05, 0) is 55.0 Å².